The number of aromatic nitrogens is 2. The van der Waals surface area contributed by atoms with E-state index in [1.54, 1.807) is 31.2 Å². The van der Waals surface area contributed by atoms with Crippen molar-refractivity contribution in [1.29, 1.82) is 0 Å². The van der Waals surface area contributed by atoms with E-state index in [-0.39, 0.29) is 25.0 Å². The molecule has 0 atom stereocenters. The first-order valence-corrected chi connectivity index (χ1v) is 11.5. The van der Waals surface area contributed by atoms with Gasteiger partial charge in [-0.1, -0.05) is 62.6 Å². The Kier molecular flexibility index (Phi) is 9.13. The molecule has 8 heteroatoms. The Hall–Kier alpha value is -3.29. The number of hydrogen-bond donors (Lipinski definition) is 0. The summed E-state index contributed by atoms with van der Waals surface area (Å²) < 4.78 is 52.9. The van der Waals surface area contributed by atoms with E-state index in [4.69, 9.17) is 9.47 Å². The SMILES string of the molecule is CCCCCCOc1cccc(N(CC)c2nc(OCc3ccccc3)ncc2C(F)(F)F)c1. The molecule has 0 aliphatic rings. The fourth-order valence-electron chi connectivity index (χ4n) is 3.47. The molecule has 0 saturated carbocycles. The number of rotatable bonds is 12. The highest BCUT2D eigenvalue weighted by molar-refractivity contribution is 5.64. The zero-order valence-corrected chi connectivity index (χ0v) is 19.5. The van der Waals surface area contributed by atoms with Gasteiger partial charge in [0, 0.05) is 24.5 Å². The third-order valence-corrected chi connectivity index (χ3v) is 5.23. The molecule has 2 aromatic carbocycles. The van der Waals surface area contributed by atoms with Crippen LogP contribution in [0.5, 0.6) is 11.8 Å². The van der Waals surface area contributed by atoms with Gasteiger partial charge in [-0.15, -0.1) is 0 Å². The summed E-state index contributed by atoms with van der Waals surface area (Å²) in [6.45, 7) is 4.89. The van der Waals surface area contributed by atoms with E-state index in [1.165, 1.54) is 4.90 Å². The first kappa shape index (κ1) is 25.3. The van der Waals surface area contributed by atoms with E-state index in [0.29, 0.717) is 18.0 Å². The lowest BCUT2D eigenvalue weighted by Crippen LogP contribution is -2.23. The highest BCUT2D eigenvalue weighted by Gasteiger charge is 2.37. The van der Waals surface area contributed by atoms with Crippen LogP contribution >= 0.6 is 0 Å². The maximum Gasteiger partial charge on any atom is 0.421 e. The lowest BCUT2D eigenvalue weighted by atomic mass is 10.2. The van der Waals surface area contributed by atoms with Gasteiger partial charge >= 0.3 is 12.2 Å². The molecule has 0 radical (unpaired) electrons. The molecule has 1 heterocycles. The molecule has 0 spiro atoms. The summed E-state index contributed by atoms with van der Waals surface area (Å²) in [6.07, 6.45) is 0.461. The maximum absolute atomic E-state index is 13.8. The zero-order chi connectivity index (χ0) is 24.4. The number of benzene rings is 2. The highest BCUT2D eigenvalue weighted by atomic mass is 19.4. The minimum Gasteiger partial charge on any atom is -0.494 e. The van der Waals surface area contributed by atoms with Gasteiger partial charge in [-0.25, -0.2) is 4.98 Å². The summed E-state index contributed by atoms with van der Waals surface area (Å²) >= 11 is 0. The van der Waals surface area contributed by atoms with Gasteiger partial charge in [0.05, 0.1) is 6.61 Å². The number of halogens is 3. The van der Waals surface area contributed by atoms with Crippen molar-refractivity contribution < 1.29 is 22.6 Å². The van der Waals surface area contributed by atoms with Crippen molar-refractivity contribution in [3.05, 3.63) is 71.9 Å². The average Bonchev–Trinajstić information content (AvgIpc) is 2.83. The summed E-state index contributed by atoms with van der Waals surface area (Å²) in [5.74, 6) is 0.351. The van der Waals surface area contributed by atoms with Gasteiger partial charge in [0.25, 0.3) is 0 Å². The molecule has 0 fully saturated rings. The van der Waals surface area contributed by atoms with E-state index >= 15 is 0 Å². The van der Waals surface area contributed by atoms with Crippen LogP contribution in [-0.2, 0) is 12.8 Å². The average molecular weight is 474 g/mol. The molecule has 0 unspecified atom stereocenters. The molecule has 1 aromatic heterocycles. The molecule has 0 aliphatic heterocycles. The van der Waals surface area contributed by atoms with Gasteiger partial charge in [0.15, 0.2) is 5.82 Å². The summed E-state index contributed by atoms with van der Waals surface area (Å²) in [6, 6.07) is 16.2. The molecule has 0 N–H and O–H groups in total. The predicted octanol–water partition coefficient (Wildman–Crippen LogP) is 7.19. The van der Waals surface area contributed by atoms with E-state index in [2.05, 4.69) is 16.9 Å². The van der Waals surface area contributed by atoms with Crippen LogP contribution in [0.1, 0.15) is 50.7 Å². The van der Waals surface area contributed by atoms with E-state index in [0.717, 1.165) is 37.4 Å². The van der Waals surface area contributed by atoms with Crippen molar-refractivity contribution in [2.45, 2.75) is 52.3 Å². The third kappa shape index (κ3) is 7.10. The Balaban J connectivity index is 1.84. The molecule has 34 heavy (non-hydrogen) atoms. The summed E-state index contributed by atoms with van der Waals surface area (Å²) in [4.78, 5) is 9.46. The number of unbranched alkanes of at least 4 members (excludes halogenated alkanes) is 3. The molecule has 0 amide bonds. The normalized spacial score (nSPS) is 11.3. The van der Waals surface area contributed by atoms with Crippen LogP contribution in [0.25, 0.3) is 0 Å². The fourth-order valence-corrected chi connectivity index (χ4v) is 3.47. The number of nitrogens with zero attached hydrogens (tertiary/aromatic N) is 3. The van der Waals surface area contributed by atoms with Crippen molar-refractivity contribution in [1.82, 2.24) is 9.97 Å². The Bertz CT molecular complexity index is 1030. The van der Waals surface area contributed by atoms with E-state index in [9.17, 15) is 13.2 Å². The molecule has 5 nitrogen and oxygen atoms in total. The Morgan fingerprint density at radius 2 is 1.71 bits per heavy atom. The largest absolute Gasteiger partial charge is 0.494 e. The van der Waals surface area contributed by atoms with Gasteiger partial charge < -0.3 is 14.4 Å². The minimum absolute atomic E-state index is 0.117. The summed E-state index contributed by atoms with van der Waals surface area (Å²) in [5.41, 5.74) is 0.489. The van der Waals surface area contributed by atoms with Gasteiger partial charge in [0.1, 0.15) is 17.9 Å². The minimum atomic E-state index is -4.62. The number of anilines is 2. The van der Waals surface area contributed by atoms with Crippen molar-refractivity contribution in [2.24, 2.45) is 0 Å². The van der Waals surface area contributed by atoms with Gasteiger partial charge in [-0.2, -0.15) is 18.2 Å². The quantitative estimate of drug-likeness (QED) is 0.261. The zero-order valence-electron chi connectivity index (χ0n) is 19.5. The molecule has 0 bridgehead atoms. The number of hydrogen-bond acceptors (Lipinski definition) is 5. The maximum atomic E-state index is 13.8. The molecule has 0 aliphatic carbocycles. The second-order valence-corrected chi connectivity index (χ2v) is 7.81. The standard InChI is InChI=1S/C26H30F3N3O2/c1-3-5-6-10-16-33-22-15-11-14-21(17-22)32(4-2)24-23(26(27,28)29)18-30-25(31-24)34-19-20-12-8-7-9-13-20/h7-9,11-15,17-18H,3-6,10,16,19H2,1-2H3. The first-order valence-electron chi connectivity index (χ1n) is 11.5. The highest BCUT2D eigenvalue weighted by Crippen LogP contribution is 2.39. The second-order valence-electron chi connectivity index (χ2n) is 7.81. The van der Waals surface area contributed by atoms with E-state index in [1.807, 2.05) is 30.3 Å². The molecule has 182 valence electrons. The topological polar surface area (TPSA) is 47.5 Å². The van der Waals surface area contributed by atoms with Crippen LogP contribution in [0.4, 0.5) is 24.7 Å². The second kappa shape index (κ2) is 12.3. The third-order valence-electron chi connectivity index (χ3n) is 5.23. The Morgan fingerprint density at radius 1 is 0.912 bits per heavy atom. The number of ether oxygens (including phenoxy) is 2. The van der Waals surface area contributed by atoms with Gasteiger partial charge in [-0.3, -0.25) is 0 Å². The smallest absolute Gasteiger partial charge is 0.421 e. The molecule has 3 aromatic rings. The lowest BCUT2D eigenvalue weighted by Gasteiger charge is -2.26. The lowest BCUT2D eigenvalue weighted by molar-refractivity contribution is -0.137. The van der Waals surface area contributed by atoms with Crippen LogP contribution in [0.3, 0.4) is 0 Å². The molecule has 0 saturated heterocycles. The van der Waals surface area contributed by atoms with Gasteiger partial charge in [-0.05, 0) is 31.0 Å². The van der Waals surface area contributed by atoms with E-state index < -0.39 is 11.7 Å². The molecular formula is C26H30F3N3O2. The monoisotopic (exact) mass is 473 g/mol. The van der Waals surface area contributed by atoms with Gasteiger partial charge in [0.2, 0.25) is 0 Å². The van der Waals surface area contributed by atoms with Crippen LogP contribution in [-0.4, -0.2) is 23.1 Å². The van der Waals surface area contributed by atoms with Crippen molar-refractivity contribution >= 4 is 11.5 Å². The summed E-state index contributed by atoms with van der Waals surface area (Å²) in [5, 5.41) is 0. The summed E-state index contributed by atoms with van der Waals surface area (Å²) in [7, 11) is 0. The Labute approximate surface area is 198 Å². The van der Waals surface area contributed by atoms with Crippen LogP contribution < -0.4 is 14.4 Å². The first-order chi connectivity index (χ1) is 16.4. The predicted molar refractivity (Wildman–Crippen MR) is 127 cm³/mol. The Morgan fingerprint density at radius 3 is 2.41 bits per heavy atom. The number of alkyl halides is 3. The van der Waals surface area contributed by atoms with Crippen LogP contribution in [0, 0.1) is 0 Å². The van der Waals surface area contributed by atoms with Crippen LogP contribution in [0.2, 0.25) is 0 Å². The van der Waals surface area contributed by atoms with Crippen molar-refractivity contribution in [3.8, 4) is 11.8 Å². The van der Waals surface area contributed by atoms with Crippen molar-refractivity contribution in [2.75, 3.05) is 18.1 Å². The van der Waals surface area contributed by atoms with Crippen molar-refractivity contribution in [3.63, 3.8) is 0 Å². The molecular weight excluding hydrogens is 443 g/mol. The van der Waals surface area contributed by atoms with Crippen LogP contribution in [0.15, 0.2) is 60.8 Å². The molecule has 3 rings (SSSR count). The fraction of sp³-hybridized carbons (Fsp3) is 0.385.